The largest absolute Gasteiger partial charge is 0.352 e. The van der Waals surface area contributed by atoms with Gasteiger partial charge in [-0.1, -0.05) is 43.6 Å². The number of primary amides is 1. The lowest BCUT2D eigenvalue weighted by Gasteiger charge is -2.19. The first-order valence-corrected chi connectivity index (χ1v) is 6.85. The van der Waals surface area contributed by atoms with Gasteiger partial charge in [-0.3, -0.25) is 4.79 Å². The topological polar surface area (TPSA) is 84.2 Å². The number of rotatable bonds is 6. The van der Waals surface area contributed by atoms with E-state index in [0.717, 1.165) is 5.56 Å². The Morgan fingerprint density at radius 3 is 2.50 bits per heavy atom. The van der Waals surface area contributed by atoms with Crippen LogP contribution in [0.5, 0.6) is 0 Å². The minimum absolute atomic E-state index is 0.262. The van der Waals surface area contributed by atoms with E-state index in [4.69, 9.17) is 17.3 Å². The van der Waals surface area contributed by atoms with Gasteiger partial charge in [0.25, 0.3) is 0 Å². The molecule has 1 unspecified atom stereocenters. The van der Waals surface area contributed by atoms with E-state index in [1.165, 1.54) is 0 Å². The molecule has 0 aliphatic rings. The Labute approximate surface area is 123 Å². The number of amides is 3. The summed E-state index contributed by atoms with van der Waals surface area (Å²) >= 11 is 6.01. The predicted molar refractivity (Wildman–Crippen MR) is 79.3 cm³/mol. The maximum Gasteiger partial charge on any atom is 0.312 e. The van der Waals surface area contributed by atoms with Gasteiger partial charge >= 0.3 is 6.03 Å². The number of carbonyl (C=O) groups is 2. The molecule has 5 nitrogen and oxygen atoms in total. The summed E-state index contributed by atoms with van der Waals surface area (Å²) in [5.74, 6) is -0.00432. The summed E-state index contributed by atoms with van der Waals surface area (Å²) in [6, 6.07) is 5.93. The van der Waals surface area contributed by atoms with Crippen molar-refractivity contribution in [2.75, 3.05) is 0 Å². The molecule has 0 bridgehead atoms. The van der Waals surface area contributed by atoms with Crippen molar-refractivity contribution in [3.05, 3.63) is 34.9 Å². The number of halogens is 1. The molecule has 0 aliphatic carbocycles. The molecule has 0 radical (unpaired) electrons. The minimum Gasteiger partial charge on any atom is -0.352 e. The van der Waals surface area contributed by atoms with Crippen LogP contribution in [0.4, 0.5) is 4.79 Å². The van der Waals surface area contributed by atoms with Gasteiger partial charge in [0, 0.05) is 11.6 Å². The molecule has 20 heavy (non-hydrogen) atoms. The molecule has 0 saturated heterocycles. The summed E-state index contributed by atoms with van der Waals surface area (Å²) in [4.78, 5) is 23.0. The third kappa shape index (κ3) is 5.48. The van der Waals surface area contributed by atoms with E-state index >= 15 is 0 Å². The van der Waals surface area contributed by atoms with Crippen molar-refractivity contribution in [3.8, 4) is 0 Å². The highest BCUT2D eigenvalue weighted by atomic mass is 35.5. The smallest absolute Gasteiger partial charge is 0.312 e. The first-order chi connectivity index (χ1) is 9.40. The molecule has 110 valence electrons. The fourth-order valence-electron chi connectivity index (χ4n) is 1.82. The van der Waals surface area contributed by atoms with E-state index in [1.54, 1.807) is 6.07 Å². The standard InChI is InChI=1S/C14H20ClN3O2/c1-9(2)7-12(18-14(16)20)13(19)17-8-10-5-3-4-6-11(10)15/h3-6,9,12H,7-8H2,1-2H3,(H,17,19)(H3,16,18,20). The van der Waals surface area contributed by atoms with Crippen LogP contribution in [0.3, 0.4) is 0 Å². The van der Waals surface area contributed by atoms with E-state index in [1.807, 2.05) is 32.0 Å². The van der Waals surface area contributed by atoms with Crippen molar-refractivity contribution in [3.63, 3.8) is 0 Å². The van der Waals surface area contributed by atoms with Gasteiger partial charge < -0.3 is 16.4 Å². The van der Waals surface area contributed by atoms with Crippen LogP contribution in [0.15, 0.2) is 24.3 Å². The highest BCUT2D eigenvalue weighted by Crippen LogP contribution is 2.14. The maximum absolute atomic E-state index is 12.1. The monoisotopic (exact) mass is 297 g/mol. The molecule has 0 aliphatic heterocycles. The zero-order valence-electron chi connectivity index (χ0n) is 11.7. The van der Waals surface area contributed by atoms with Gasteiger partial charge in [0.2, 0.25) is 5.91 Å². The van der Waals surface area contributed by atoms with Crippen LogP contribution >= 0.6 is 11.6 Å². The normalized spacial score (nSPS) is 12.0. The molecule has 1 aromatic rings. The molecule has 1 rings (SSSR count). The second kappa shape index (κ2) is 7.75. The lowest BCUT2D eigenvalue weighted by molar-refractivity contribution is -0.123. The van der Waals surface area contributed by atoms with Crippen LogP contribution in [-0.4, -0.2) is 18.0 Å². The van der Waals surface area contributed by atoms with Gasteiger partial charge in [0.1, 0.15) is 6.04 Å². The molecule has 0 saturated carbocycles. The highest BCUT2D eigenvalue weighted by Gasteiger charge is 2.20. The zero-order valence-corrected chi connectivity index (χ0v) is 12.4. The van der Waals surface area contributed by atoms with Gasteiger partial charge in [0.15, 0.2) is 0 Å². The fraction of sp³-hybridized carbons (Fsp3) is 0.429. The van der Waals surface area contributed by atoms with E-state index in [0.29, 0.717) is 18.0 Å². The summed E-state index contributed by atoms with van der Waals surface area (Å²) in [5, 5.41) is 5.81. The Hall–Kier alpha value is -1.75. The maximum atomic E-state index is 12.1. The molecule has 1 aromatic carbocycles. The van der Waals surface area contributed by atoms with Crippen molar-refractivity contribution in [2.45, 2.75) is 32.9 Å². The zero-order chi connectivity index (χ0) is 15.1. The minimum atomic E-state index is -0.705. The van der Waals surface area contributed by atoms with E-state index in [2.05, 4.69) is 10.6 Å². The molecule has 0 aromatic heterocycles. The average Bonchev–Trinajstić information content (AvgIpc) is 2.35. The summed E-state index contributed by atoms with van der Waals surface area (Å²) in [6.45, 7) is 4.25. The molecule has 0 spiro atoms. The number of nitrogens with two attached hydrogens (primary N) is 1. The number of carbonyl (C=O) groups excluding carboxylic acids is 2. The lowest BCUT2D eigenvalue weighted by Crippen LogP contribution is -2.49. The van der Waals surface area contributed by atoms with Crippen LogP contribution in [-0.2, 0) is 11.3 Å². The van der Waals surface area contributed by atoms with Crippen molar-refractivity contribution >= 4 is 23.5 Å². The molecular formula is C14H20ClN3O2. The highest BCUT2D eigenvalue weighted by molar-refractivity contribution is 6.31. The second-order valence-corrected chi connectivity index (χ2v) is 5.41. The van der Waals surface area contributed by atoms with Crippen LogP contribution in [0.25, 0.3) is 0 Å². The van der Waals surface area contributed by atoms with Crippen LogP contribution in [0.1, 0.15) is 25.8 Å². The van der Waals surface area contributed by atoms with Gasteiger partial charge in [-0.2, -0.15) is 0 Å². The van der Waals surface area contributed by atoms with Crippen molar-refractivity contribution in [1.29, 1.82) is 0 Å². The number of hydrogen-bond donors (Lipinski definition) is 3. The SMILES string of the molecule is CC(C)CC(NC(N)=O)C(=O)NCc1ccccc1Cl. The van der Waals surface area contributed by atoms with Gasteiger partial charge in [-0.15, -0.1) is 0 Å². The second-order valence-electron chi connectivity index (χ2n) is 5.00. The number of benzene rings is 1. The Kier molecular flexibility index (Phi) is 6.31. The Balaban J connectivity index is 2.62. The van der Waals surface area contributed by atoms with E-state index in [-0.39, 0.29) is 11.8 Å². The van der Waals surface area contributed by atoms with Crippen molar-refractivity contribution in [1.82, 2.24) is 10.6 Å². The van der Waals surface area contributed by atoms with E-state index < -0.39 is 12.1 Å². The summed E-state index contributed by atoms with van der Waals surface area (Å²) in [6.07, 6.45) is 0.525. The van der Waals surface area contributed by atoms with Gasteiger partial charge in [-0.05, 0) is 24.0 Å². The number of nitrogens with one attached hydrogen (secondary N) is 2. The molecule has 4 N–H and O–H groups in total. The van der Waals surface area contributed by atoms with Gasteiger partial charge in [0.05, 0.1) is 0 Å². The van der Waals surface area contributed by atoms with E-state index in [9.17, 15) is 9.59 Å². The number of hydrogen-bond acceptors (Lipinski definition) is 2. The predicted octanol–water partition coefficient (Wildman–Crippen LogP) is 2.04. The lowest BCUT2D eigenvalue weighted by atomic mass is 10.0. The summed E-state index contributed by atoms with van der Waals surface area (Å²) < 4.78 is 0. The Bertz CT molecular complexity index is 477. The Morgan fingerprint density at radius 2 is 1.95 bits per heavy atom. The van der Waals surface area contributed by atoms with Crippen LogP contribution < -0.4 is 16.4 Å². The Morgan fingerprint density at radius 1 is 1.30 bits per heavy atom. The van der Waals surface area contributed by atoms with Crippen LogP contribution in [0, 0.1) is 5.92 Å². The molecule has 6 heteroatoms. The summed E-state index contributed by atoms with van der Waals surface area (Å²) in [5.41, 5.74) is 5.91. The third-order valence-corrected chi connectivity index (χ3v) is 3.12. The third-order valence-electron chi connectivity index (χ3n) is 2.75. The first kappa shape index (κ1) is 16.3. The first-order valence-electron chi connectivity index (χ1n) is 6.47. The summed E-state index contributed by atoms with van der Waals surface area (Å²) in [7, 11) is 0. The van der Waals surface area contributed by atoms with Gasteiger partial charge in [-0.25, -0.2) is 4.79 Å². The quantitative estimate of drug-likeness (QED) is 0.750. The molecule has 1 atom stereocenters. The van der Waals surface area contributed by atoms with Crippen molar-refractivity contribution < 1.29 is 9.59 Å². The fourth-order valence-corrected chi connectivity index (χ4v) is 2.02. The average molecular weight is 298 g/mol. The molecule has 3 amide bonds. The molecule has 0 fully saturated rings. The molecular weight excluding hydrogens is 278 g/mol. The molecule has 0 heterocycles. The van der Waals surface area contributed by atoms with Crippen molar-refractivity contribution in [2.24, 2.45) is 11.7 Å². The van der Waals surface area contributed by atoms with Crippen LogP contribution in [0.2, 0.25) is 5.02 Å². The number of urea groups is 1.